The van der Waals surface area contributed by atoms with E-state index >= 15 is 0 Å². The third kappa shape index (κ3) is 6.71. The van der Waals surface area contributed by atoms with Crippen LogP contribution in [0.1, 0.15) is 50.7 Å². The lowest BCUT2D eigenvalue weighted by molar-refractivity contribution is -0.140. The van der Waals surface area contributed by atoms with Gasteiger partial charge in [-0.15, -0.1) is 11.8 Å². The molecule has 3 amide bonds. The van der Waals surface area contributed by atoms with Crippen molar-refractivity contribution < 1.29 is 23.6 Å². The first-order chi connectivity index (χ1) is 17.6. The van der Waals surface area contributed by atoms with Crippen LogP contribution >= 0.6 is 11.8 Å². The molecule has 1 saturated carbocycles. The highest BCUT2D eigenvalue weighted by Crippen LogP contribution is 2.41. The predicted molar refractivity (Wildman–Crippen MR) is 141 cm³/mol. The van der Waals surface area contributed by atoms with Crippen LogP contribution < -0.4 is 5.32 Å². The van der Waals surface area contributed by atoms with E-state index < -0.39 is 28.4 Å². The number of likely N-dealkylation sites (tertiary alicyclic amines) is 1. The van der Waals surface area contributed by atoms with Crippen molar-refractivity contribution in [1.82, 2.24) is 20.0 Å². The molecule has 3 aliphatic rings. The Morgan fingerprint density at radius 2 is 1.86 bits per heavy atom. The summed E-state index contributed by atoms with van der Waals surface area (Å²) in [5, 5.41) is 2.71. The molecule has 2 atom stereocenters. The molecular formula is C27H37FN4O4S. The molecule has 1 N–H and O–H groups in total. The molecule has 0 aromatic heterocycles. The highest BCUT2D eigenvalue weighted by Gasteiger charge is 2.53. The molecule has 1 aromatic carbocycles. The second-order valence-electron chi connectivity index (χ2n) is 10.9. The van der Waals surface area contributed by atoms with E-state index in [4.69, 9.17) is 0 Å². The number of carbonyl (C=O) groups is 4. The first-order valence-corrected chi connectivity index (χ1v) is 14.0. The van der Waals surface area contributed by atoms with E-state index in [9.17, 15) is 23.6 Å². The van der Waals surface area contributed by atoms with Crippen molar-refractivity contribution in [1.29, 1.82) is 0 Å². The number of carbonyl (C=O) groups excluding carboxylic acids is 4. The van der Waals surface area contributed by atoms with Crippen molar-refractivity contribution in [3.8, 4) is 0 Å². The molecule has 37 heavy (non-hydrogen) atoms. The van der Waals surface area contributed by atoms with Gasteiger partial charge in [-0.1, -0.05) is 24.3 Å². The third-order valence-electron chi connectivity index (χ3n) is 7.62. The largest absolute Gasteiger partial charge is 0.343 e. The van der Waals surface area contributed by atoms with E-state index in [1.165, 1.54) is 22.2 Å². The van der Waals surface area contributed by atoms with Gasteiger partial charge < -0.3 is 19.9 Å². The molecule has 2 heterocycles. The Morgan fingerprint density at radius 3 is 2.51 bits per heavy atom. The van der Waals surface area contributed by atoms with Gasteiger partial charge in [0.25, 0.3) is 5.91 Å². The molecule has 0 radical (unpaired) electrons. The van der Waals surface area contributed by atoms with E-state index in [-0.39, 0.29) is 18.7 Å². The minimum Gasteiger partial charge on any atom is -0.343 e. The molecule has 10 heteroatoms. The summed E-state index contributed by atoms with van der Waals surface area (Å²) >= 11 is 1.53. The zero-order chi connectivity index (χ0) is 26.6. The maximum atomic E-state index is 14.5. The molecular weight excluding hydrogens is 495 g/mol. The van der Waals surface area contributed by atoms with E-state index in [1.54, 1.807) is 4.90 Å². The van der Waals surface area contributed by atoms with Crippen LogP contribution in [0, 0.1) is 0 Å². The first-order valence-electron chi connectivity index (χ1n) is 13.0. The Bertz CT molecular complexity index is 1010. The fourth-order valence-electron chi connectivity index (χ4n) is 4.96. The van der Waals surface area contributed by atoms with Gasteiger partial charge in [-0.3, -0.25) is 19.3 Å². The number of alkyl halides is 1. The SMILES string of the molecule is CC(C)(SCc1cccc(CN2CCN(C=O)CC2)c1)C(NC(=O)C1(F)CC1)C(=O)N1CCCC1C=O. The van der Waals surface area contributed by atoms with Crippen LogP contribution in [0.25, 0.3) is 0 Å². The summed E-state index contributed by atoms with van der Waals surface area (Å²) in [5.41, 5.74) is 0.381. The monoisotopic (exact) mass is 532 g/mol. The minimum atomic E-state index is -1.89. The van der Waals surface area contributed by atoms with Gasteiger partial charge in [0, 0.05) is 49.8 Å². The van der Waals surface area contributed by atoms with Gasteiger partial charge in [0.1, 0.15) is 12.3 Å². The lowest BCUT2D eigenvalue weighted by Crippen LogP contribution is -2.59. The molecule has 0 spiro atoms. The summed E-state index contributed by atoms with van der Waals surface area (Å²) in [5.74, 6) is -0.456. The fraction of sp³-hybridized carbons (Fsp3) is 0.630. The molecule has 2 saturated heterocycles. The van der Waals surface area contributed by atoms with Crippen molar-refractivity contribution >= 4 is 36.3 Å². The number of thioether (sulfide) groups is 1. The molecule has 2 aliphatic heterocycles. The number of hydrogen-bond donors (Lipinski definition) is 1. The quantitative estimate of drug-likeness (QED) is 0.440. The maximum Gasteiger partial charge on any atom is 0.258 e. The van der Waals surface area contributed by atoms with Gasteiger partial charge in [-0.2, -0.15) is 0 Å². The molecule has 2 unspecified atom stereocenters. The second kappa shape index (κ2) is 11.5. The van der Waals surface area contributed by atoms with Crippen LogP contribution in [0.15, 0.2) is 24.3 Å². The van der Waals surface area contributed by atoms with Gasteiger partial charge in [-0.05, 0) is 50.7 Å². The predicted octanol–water partition coefficient (Wildman–Crippen LogP) is 2.15. The number of piperazine rings is 1. The van der Waals surface area contributed by atoms with Gasteiger partial charge in [-0.25, -0.2) is 4.39 Å². The van der Waals surface area contributed by atoms with Crippen molar-refractivity contribution in [2.75, 3.05) is 32.7 Å². The Balaban J connectivity index is 1.42. The number of aldehydes is 1. The summed E-state index contributed by atoms with van der Waals surface area (Å²) in [6.07, 6.45) is 3.36. The van der Waals surface area contributed by atoms with E-state index in [0.29, 0.717) is 18.7 Å². The molecule has 4 rings (SSSR count). The van der Waals surface area contributed by atoms with Crippen molar-refractivity contribution in [3.05, 3.63) is 35.4 Å². The van der Waals surface area contributed by atoms with Crippen LogP contribution in [0.5, 0.6) is 0 Å². The molecule has 3 fully saturated rings. The van der Waals surface area contributed by atoms with Crippen LogP contribution in [-0.2, 0) is 31.5 Å². The van der Waals surface area contributed by atoms with Crippen LogP contribution in [0.4, 0.5) is 4.39 Å². The number of hydrogen-bond acceptors (Lipinski definition) is 6. The molecule has 202 valence electrons. The van der Waals surface area contributed by atoms with Gasteiger partial charge in [0.2, 0.25) is 12.3 Å². The standard InChI is InChI=1S/C27H37FN4O4S/c1-26(2,23(29-25(36)27(28)8-9-27)24(35)32-10-4-7-22(32)17-33)37-18-21-6-3-5-20(15-21)16-30-11-13-31(19-34)14-12-30/h3,5-6,15,17,19,22-23H,4,7-14,16,18H2,1-2H3,(H,29,36). The molecule has 1 aliphatic carbocycles. The molecule has 8 nitrogen and oxygen atoms in total. The smallest absolute Gasteiger partial charge is 0.258 e. The zero-order valence-electron chi connectivity index (χ0n) is 21.7. The summed E-state index contributed by atoms with van der Waals surface area (Å²) in [4.78, 5) is 54.3. The Kier molecular flexibility index (Phi) is 8.58. The van der Waals surface area contributed by atoms with Crippen LogP contribution in [-0.4, -0.2) is 94.4 Å². The Hall–Kier alpha value is -2.46. The highest BCUT2D eigenvalue weighted by atomic mass is 32.2. The van der Waals surface area contributed by atoms with Gasteiger partial charge in [0.15, 0.2) is 5.67 Å². The van der Waals surface area contributed by atoms with Crippen molar-refractivity contribution in [2.24, 2.45) is 0 Å². The van der Waals surface area contributed by atoms with E-state index in [0.717, 1.165) is 57.4 Å². The summed E-state index contributed by atoms with van der Waals surface area (Å²) in [6, 6.07) is 6.84. The topological polar surface area (TPSA) is 90.0 Å². The van der Waals surface area contributed by atoms with E-state index in [2.05, 4.69) is 22.3 Å². The lowest BCUT2D eigenvalue weighted by Gasteiger charge is -2.37. The third-order valence-corrected chi connectivity index (χ3v) is 9.07. The summed E-state index contributed by atoms with van der Waals surface area (Å²) in [6.45, 7) is 8.17. The first kappa shape index (κ1) is 27.6. The van der Waals surface area contributed by atoms with Gasteiger partial charge in [0.05, 0.1) is 6.04 Å². The lowest BCUT2D eigenvalue weighted by atomic mass is 10.0. The number of benzene rings is 1. The summed E-state index contributed by atoms with van der Waals surface area (Å²) < 4.78 is 13.8. The highest BCUT2D eigenvalue weighted by molar-refractivity contribution is 7.99. The average Bonchev–Trinajstić information content (AvgIpc) is 3.47. The second-order valence-corrected chi connectivity index (χ2v) is 12.5. The van der Waals surface area contributed by atoms with Crippen LogP contribution in [0.2, 0.25) is 0 Å². The number of halogens is 1. The Morgan fingerprint density at radius 1 is 1.16 bits per heavy atom. The Labute approximate surface area is 222 Å². The number of amides is 3. The maximum absolute atomic E-state index is 14.5. The normalized spacial score (nSPS) is 22.4. The number of rotatable bonds is 11. The zero-order valence-corrected chi connectivity index (χ0v) is 22.5. The number of nitrogens with zero attached hydrogens (tertiary/aromatic N) is 3. The fourth-order valence-corrected chi connectivity index (χ4v) is 6.00. The number of nitrogens with one attached hydrogen (secondary N) is 1. The average molecular weight is 533 g/mol. The summed E-state index contributed by atoms with van der Waals surface area (Å²) in [7, 11) is 0. The van der Waals surface area contributed by atoms with Crippen molar-refractivity contribution in [2.45, 2.75) is 74.3 Å². The van der Waals surface area contributed by atoms with Crippen LogP contribution in [0.3, 0.4) is 0 Å². The van der Waals surface area contributed by atoms with E-state index in [1.807, 2.05) is 26.0 Å². The molecule has 1 aromatic rings. The van der Waals surface area contributed by atoms with Crippen molar-refractivity contribution in [3.63, 3.8) is 0 Å². The minimum absolute atomic E-state index is 0.172. The molecule has 0 bridgehead atoms. The van der Waals surface area contributed by atoms with Gasteiger partial charge >= 0.3 is 0 Å².